The molecule has 6 heteroatoms. The summed E-state index contributed by atoms with van der Waals surface area (Å²) in [6.45, 7) is 6.33. The van der Waals surface area contributed by atoms with Crippen LogP contribution in [-0.4, -0.2) is 17.8 Å². The molecule has 0 spiro atoms. The molecule has 2 nitrogen and oxygen atoms in total. The van der Waals surface area contributed by atoms with E-state index in [-0.39, 0.29) is 33.3 Å². The van der Waals surface area contributed by atoms with Crippen molar-refractivity contribution in [2.45, 2.75) is 65.3 Å². The Balaban J connectivity index is 2.48. The molecule has 0 bridgehead atoms. The fourth-order valence-electron chi connectivity index (χ4n) is 4.17. The van der Waals surface area contributed by atoms with E-state index < -0.39 is 11.6 Å². The van der Waals surface area contributed by atoms with Gasteiger partial charge in [-0.15, -0.1) is 0 Å². The standard InChI is InChI=1S/C25H31ClF2NO.Ti/c1-4-16-25(2,3)23(11-8-17-26)29(22-14-13-20(27)18-21(22)28)24(30)15-12-19-9-6-5-7-10-19;/h5-7,9-10,13-14,23H,4,8,11-12,15-17H2,1-3H3;. The van der Waals surface area contributed by atoms with E-state index in [0.29, 0.717) is 25.1 Å². The predicted octanol–water partition coefficient (Wildman–Crippen LogP) is 6.32. The number of hydrogen-bond acceptors (Lipinski definition) is 1. The SMILES string of the molecule is CCCC(C)(C)C(CCCCl)N(C(=O)CCc1ccccc1)c1ccc(F)[c]([Ti])c1F. The van der Waals surface area contributed by atoms with E-state index in [9.17, 15) is 9.18 Å². The molecule has 0 heterocycles. The number of aryl methyl sites for hydroxylation is 1. The molecule has 0 fully saturated rings. The van der Waals surface area contributed by atoms with E-state index in [4.69, 9.17) is 11.6 Å². The molecule has 0 aliphatic heterocycles. The van der Waals surface area contributed by atoms with Crippen LogP contribution in [-0.2, 0) is 31.7 Å². The molecule has 167 valence electrons. The number of benzene rings is 2. The first-order chi connectivity index (χ1) is 14.7. The van der Waals surface area contributed by atoms with Crippen LogP contribution in [0.1, 0.15) is 58.4 Å². The van der Waals surface area contributed by atoms with Gasteiger partial charge in [0.1, 0.15) is 0 Å². The molecule has 0 aromatic heterocycles. The first kappa shape index (κ1) is 26.0. The Morgan fingerprint density at radius 3 is 2.45 bits per heavy atom. The molecule has 0 saturated heterocycles. The summed E-state index contributed by atoms with van der Waals surface area (Å²) in [6, 6.07) is 12.2. The number of hydrogen-bond donors (Lipinski definition) is 0. The zero-order valence-electron chi connectivity index (χ0n) is 18.6. The summed E-state index contributed by atoms with van der Waals surface area (Å²) in [5, 5.41) is 0. The van der Waals surface area contributed by atoms with Crippen LogP contribution in [0.4, 0.5) is 14.5 Å². The fraction of sp³-hybridized carbons (Fsp3) is 0.480. The van der Waals surface area contributed by atoms with Crippen molar-refractivity contribution in [3.8, 4) is 0 Å². The normalized spacial score (nSPS) is 12.5. The van der Waals surface area contributed by atoms with E-state index in [1.807, 2.05) is 30.3 Å². The first-order valence-corrected chi connectivity index (χ1v) is 12.2. The third-order valence-electron chi connectivity index (χ3n) is 5.79. The van der Waals surface area contributed by atoms with Crippen LogP contribution >= 0.6 is 11.6 Å². The Labute approximate surface area is 201 Å². The molecular formula is C25H31ClF2NOTi. The van der Waals surface area contributed by atoms with E-state index in [1.54, 1.807) is 4.90 Å². The summed E-state index contributed by atoms with van der Waals surface area (Å²) in [4.78, 5) is 15.1. The summed E-state index contributed by atoms with van der Waals surface area (Å²) in [6.07, 6.45) is 4.01. The Hall–Kier alpha value is -1.23. The van der Waals surface area contributed by atoms with Gasteiger partial charge in [0.2, 0.25) is 0 Å². The minimum atomic E-state index is -0.670. The molecule has 0 saturated carbocycles. The Morgan fingerprint density at radius 1 is 1.16 bits per heavy atom. The van der Waals surface area contributed by atoms with Crippen molar-refractivity contribution >= 4 is 27.1 Å². The van der Waals surface area contributed by atoms with Gasteiger partial charge in [0.05, 0.1) is 0 Å². The van der Waals surface area contributed by atoms with E-state index in [1.165, 1.54) is 32.6 Å². The second kappa shape index (κ2) is 12.1. The zero-order valence-corrected chi connectivity index (χ0v) is 20.9. The molecule has 2 aromatic rings. The van der Waals surface area contributed by atoms with Gasteiger partial charge in [-0.2, -0.15) is 0 Å². The number of amides is 1. The van der Waals surface area contributed by atoms with Gasteiger partial charge in [-0.25, -0.2) is 0 Å². The van der Waals surface area contributed by atoms with Crippen molar-refractivity contribution in [2.75, 3.05) is 10.8 Å². The average molecular weight is 483 g/mol. The summed E-state index contributed by atoms with van der Waals surface area (Å²) < 4.78 is 29.2. The molecule has 0 aliphatic rings. The molecule has 2 aromatic carbocycles. The third-order valence-corrected chi connectivity index (χ3v) is 6.77. The van der Waals surface area contributed by atoms with Crippen LogP contribution < -0.4 is 8.77 Å². The van der Waals surface area contributed by atoms with Crippen LogP contribution in [0.3, 0.4) is 0 Å². The van der Waals surface area contributed by atoms with Crippen molar-refractivity contribution in [2.24, 2.45) is 5.41 Å². The van der Waals surface area contributed by atoms with Crippen molar-refractivity contribution in [3.05, 3.63) is 59.7 Å². The molecule has 1 unspecified atom stereocenters. The Morgan fingerprint density at radius 2 is 1.84 bits per heavy atom. The van der Waals surface area contributed by atoms with Gasteiger partial charge in [-0.3, -0.25) is 0 Å². The van der Waals surface area contributed by atoms with Gasteiger partial charge in [0, 0.05) is 0 Å². The number of carbonyl (C=O) groups is 1. The van der Waals surface area contributed by atoms with E-state index in [2.05, 4.69) is 20.8 Å². The molecular weight excluding hydrogens is 452 g/mol. The monoisotopic (exact) mass is 482 g/mol. The topological polar surface area (TPSA) is 20.3 Å². The van der Waals surface area contributed by atoms with Crippen molar-refractivity contribution in [1.29, 1.82) is 0 Å². The molecule has 31 heavy (non-hydrogen) atoms. The van der Waals surface area contributed by atoms with Crippen molar-refractivity contribution in [3.63, 3.8) is 0 Å². The number of rotatable bonds is 11. The van der Waals surface area contributed by atoms with E-state index >= 15 is 4.39 Å². The maximum atomic E-state index is 15.2. The summed E-state index contributed by atoms with van der Waals surface area (Å²) >= 11 is 7.40. The second-order valence-electron chi connectivity index (χ2n) is 8.59. The first-order valence-electron chi connectivity index (χ1n) is 10.8. The Bertz CT molecular complexity index is 860. The molecule has 2 rings (SSSR count). The summed E-state index contributed by atoms with van der Waals surface area (Å²) in [5.41, 5.74) is 0.954. The van der Waals surface area contributed by atoms with Crippen molar-refractivity contribution in [1.82, 2.24) is 0 Å². The van der Waals surface area contributed by atoms with Crippen LogP contribution in [0.15, 0.2) is 42.5 Å². The summed E-state index contributed by atoms with van der Waals surface area (Å²) in [7, 11) is 0. The van der Waals surface area contributed by atoms with Gasteiger partial charge < -0.3 is 0 Å². The zero-order chi connectivity index (χ0) is 23.0. The number of anilines is 1. The number of nitrogens with zero attached hydrogens (tertiary/aromatic N) is 1. The molecule has 0 radical (unpaired) electrons. The second-order valence-corrected chi connectivity index (χ2v) is 9.75. The van der Waals surface area contributed by atoms with Gasteiger partial charge in [-0.1, -0.05) is 0 Å². The van der Waals surface area contributed by atoms with Crippen LogP contribution in [0.5, 0.6) is 0 Å². The number of alkyl halides is 1. The van der Waals surface area contributed by atoms with Crippen LogP contribution in [0.2, 0.25) is 0 Å². The molecule has 0 N–H and O–H groups in total. The van der Waals surface area contributed by atoms with E-state index in [0.717, 1.165) is 18.4 Å². The van der Waals surface area contributed by atoms with Gasteiger partial charge in [0.25, 0.3) is 0 Å². The molecule has 0 aliphatic carbocycles. The van der Waals surface area contributed by atoms with Gasteiger partial charge in [-0.05, 0) is 0 Å². The average Bonchev–Trinajstić information content (AvgIpc) is 2.75. The fourth-order valence-corrected chi connectivity index (χ4v) is 4.66. The maximum absolute atomic E-state index is 15.2. The number of halogens is 3. The van der Waals surface area contributed by atoms with Crippen molar-refractivity contribution < 1.29 is 34.0 Å². The van der Waals surface area contributed by atoms with Crippen LogP contribution in [0.25, 0.3) is 0 Å². The summed E-state index contributed by atoms with van der Waals surface area (Å²) in [5.74, 6) is -0.966. The van der Waals surface area contributed by atoms with Crippen LogP contribution in [0, 0.1) is 17.0 Å². The quantitative estimate of drug-likeness (QED) is 0.271. The van der Waals surface area contributed by atoms with Gasteiger partial charge >= 0.3 is 202 Å². The number of carbonyl (C=O) groups excluding carboxylic acids is 1. The predicted molar refractivity (Wildman–Crippen MR) is 121 cm³/mol. The molecule has 1 amide bonds. The molecule has 1 atom stereocenters. The third kappa shape index (κ3) is 6.88. The van der Waals surface area contributed by atoms with Gasteiger partial charge in [0.15, 0.2) is 0 Å². The Kier molecular flexibility index (Phi) is 10.2. The minimum absolute atomic E-state index is 0.0669.